The molecule has 1 aliphatic heterocycles. The molecule has 1 atom stereocenters. The maximum absolute atomic E-state index is 10.6. The van der Waals surface area contributed by atoms with Crippen LogP contribution in [0.3, 0.4) is 0 Å². The van der Waals surface area contributed by atoms with E-state index in [0.717, 1.165) is 38.5 Å². The quantitative estimate of drug-likeness (QED) is 0.504. The Labute approximate surface area is 97.2 Å². The van der Waals surface area contributed by atoms with Crippen molar-refractivity contribution in [3.8, 4) is 0 Å². The van der Waals surface area contributed by atoms with Crippen LogP contribution in [0, 0.1) is 0 Å². The fourth-order valence-electron chi connectivity index (χ4n) is 1.47. The zero-order chi connectivity index (χ0) is 11.9. The number of hydrogen-bond donors (Lipinski definition) is 0. The summed E-state index contributed by atoms with van der Waals surface area (Å²) >= 11 is 0. The number of unbranched alkanes of at least 4 members (excludes halogenated alkanes) is 1. The highest BCUT2D eigenvalue weighted by Gasteiger charge is 2.13. The third kappa shape index (κ3) is 7.16. The Morgan fingerprint density at radius 3 is 2.62 bits per heavy atom. The molecule has 0 aromatic carbocycles. The number of hydrogen-bond acceptors (Lipinski definition) is 5. The molecule has 1 fully saturated rings. The second-order valence-corrected chi connectivity index (χ2v) is 5.54. The molecule has 0 radical (unpaired) electrons. The molecule has 0 bridgehead atoms. The van der Waals surface area contributed by atoms with E-state index in [1.807, 2.05) is 0 Å². The van der Waals surface area contributed by atoms with Crippen LogP contribution in [0.25, 0.3) is 0 Å². The molecule has 1 saturated heterocycles. The minimum atomic E-state index is -3.30. The van der Waals surface area contributed by atoms with Gasteiger partial charge in [0.2, 0.25) is 0 Å². The van der Waals surface area contributed by atoms with Crippen molar-refractivity contribution in [1.29, 1.82) is 0 Å². The fraction of sp³-hybridized carbons (Fsp3) is 1.00. The Bertz CT molecular complexity index is 269. The van der Waals surface area contributed by atoms with Crippen LogP contribution in [-0.2, 0) is 23.8 Å². The van der Waals surface area contributed by atoms with Crippen LogP contribution in [0.5, 0.6) is 0 Å². The van der Waals surface area contributed by atoms with Crippen molar-refractivity contribution in [2.45, 2.75) is 38.4 Å². The van der Waals surface area contributed by atoms with Gasteiger partial charge in [0.25, 0.3) is 10.1 Å². The second kappa shape index (κ2) is 7.21. The molecule has 0 aliphatic carbocycles. The maximum Gasteiger partial charge on any atom is 0.264 e. The molecule has 1 heterocycles. The van der Waals surface area contributed by atoms with Gasteiger partial charge in [-0.3, -0.25) is 4.18 Å². The van der Waals surface area contributed by atoms with Crippen molar-refractivity contribution < 1.29 is 22.1 Å². The molecule has 5 nitrogen and oxygen atoms in total. The largest absolute Gasteiger partial charge is 0.353 e. The molecule has 0 saturated carbocycles. The predicted molar refractivity (Wildman–Crippen MR) is 59.6 cm³/mol. The smallest absolute Gasteiger partial charge is 0.264 e. The first-order chi connectivity index (χ1) is 7.58. The summed E-state index contributed by atoms with van der Waals surface area (Å²) in [5.74, 6) is 0. The van der Waals surface area contributed by atoms with Gasteiger partial charge in [-0.15, -0.1) is 0 Å². The minimum absolute atomic E-state index is 0.0652. The molecule has 96 valence electrons. The highest BCUT2D eigenvalue weighted by atomic mass is 32.2. The van der Waals surface area contributed by atoms with Crippen LogP contribution in [0.4, 0.5) is 0 Å². The predicted octanol–water partition coefficient (Wildman–Crippen LogP) is 1.29. The SMILES string of the molecule is CS(=O)(=O)OCCCCO[C@@H]1CCCCO1. The van der Waals surface area contributed by atoms with Gasteiger partial charge in [-0.25, -0.2) is 0 Å². The molecule has 6 heteroatoms. The van der Waals surface area contributed by atoms with Gasteiger partial charge in [-0.1, -0.05) is 0 Å². The molecule has 16 heavy (non-hydrogen) atoms. The minimum Gasteiger partial charge on any atom is -0.353 e. The van der Waals surface area contributed by atoms with Crippen molar-refractivity contribution in [3.05, 3.63) is 0 Å². The molecule has 1 rings (SSSR count). The molecule has 0 aromatic heterocycles. The van der Waals surface area contributed by atoms with E-state index in [1.54, 1.807) is 0 Å². The van der Waals surface area contributed by atoms with Crippen molar-refractivity contribution in [2.75, 3.05) is 26.1 Å². The van der Waals surface area contributed by atoms with E-state index < -0.39 is 10.1 Å². The average Bonchev–Trinajstić information content (AvgIpc) is 2.23. The summed E-state index contributed by atoms with van der Waals surface area (Å²) < 4.78 is 36.8. The van der Waals surface area contributed by atoms with Gasteiger partial charge in [-0.05, 0) is 32.1 Å². The van der Waals surface area contributed by atoms with Gasteiger partial charge in [-0.2, -0.15) is 8.42 Å². The lowest BCUT2D eigenvalue weighted by Gasteiger charge is -2.22. The van der Waals surface area contributed by atoms with Gasteiger partial charge in [0.15, 0.2) is 6.29 Å². The Balaban J connectivity index is 1.91. The third-order valence-electron chi connectivity index (χ3n) is 2.28. The summed E-state index contributed by atoms with van der Waals surface area (Å²) in [4.78, 5) is 0. The third-order valence-corrected chi connectivity index (χ3v) is 2.87. The van der Waals surface area contributed by atoms with E-state index in [0.29, 0.717) is 13.0 Å². The van der Waals surface area contributed by atoms with E-state index in [2.05, 4.69) is 4.18 Å². The van der Waals surface area contributed by atoms with Gasteiger partial charge in [0.1, 0.15) is 0 Å². The number of rotatable bonds is 7. The molecule has 0 amide bonds. The maximum atomic E-state index is 10.6. The fourth-order valence-corrected chi connectivity index (χ4v) is 1.89. The van der Waals surface area contributed by atoms with E-state index in [4.69, 9.17) is 9.47 Å². The Hall–Kier alpha value is -0.170. The van der Waals surface area contributed by atoms with Crippen LogP contribution in [-0.4, -0.2) is 40.8 Å². The van der Waals surface area contributed by atoms with Gasteiger partial charge < -0.3 is 9.47 Å². The topological polar surface area (TPSA) is 61.8 Å². The zero-order valence-electron chi connectivity index (χ0n) is 9.68. The van der Waals surface area contributed by atoms with E-state index >= 15 is 0 Å². The summed E-state index contributed by atoms with van der Waals surface area (Å²) in [7, 11) is -3.30. The van der Waals surface area contributed by atoms with Crippen LogP contribution in [0.1, 0.15) is 32.1 Å². The molecule has 0 spiro atoms. The summed E-state index contributed by atoms with van der Waals surface area (Å²) in [6.45, 7) is 1.60. The van der Waals surface area contributed by atoms with Gasteiger partial charge in [0, 0.05) is 13.2 Å². The standard InChI is InChI=1S/C10H20O5S/c1-16(11,12)15-9-5-4-8-14-10-6-2-3-7-13-10/h10H,2-9H2,1H3/t10-/m1/s1. The van der Waals surface area contributed by atoms with Crippen molar-refractivity contribution in [2.24, 2.45) is 0 Å². The van der Waals surface area contributed by atoms with Crippen LogP contribution in [0.2, 0.25) is 0 Å². The van der Waals surface area contributed by atoms with Gasteiger partial charge in [0.05, 0.1) is 12.9 Å². The lowest BCUT2D eigenvalue weighted by Crippen LogP contribution is -2.22. The molecular weight excluding hydrogens is 232 g/mol. The zero-order valence-corrected chi connectivity index (χ0v) is 10.5. The lowest BCUT2D eigenvalue weighted by atomic mass is 10.2. The van der Waals surface area contributed by atoms with Crippen molar-refractivity contribution >= 4 is 10.1 Å². The summed E-state index contributed by atoms with van der Waals surface area (Å²) in [5, 5.41) is 0. The molecular formula is C10H20O5S. The second-order valence-electron chi connectivity index (χ2n) is 3.90. The Morgan fingerprint density at radius 2 is 2.00 bits per heavy atom. The van der Waals surface area contributed by atoms with Crippen molar-refractivity contribution in [3.63, 3.8) is 0 Å². The monoisotopic (exact) mass is 252 g/mol. The Kier molecular flexibility index (Phi) is 6.26. The Morgan fingerprint density at radius 1 is 1.25 bits per heavy atom. The highest BCUT2D eigenvalue weighted by Crippen LogP contribution is 2.13. The van der Waals surface area contributed by atoms with Crippen LogP contribution >= 0.6 is 0 Å². The first-order valence-electron chi connectivity index (χ1n) is 5.65. The molecule has 0 N–H and O–H groups in total. The summed E-state index contributed by atoms with van der Waals surface area (Å²) in [5.41, 5.74) is 0. The highest BCUT2D eigenvalue weighted by molar-refractivity contribution is 7.85. The average molecular weight is 252 g/mol. The first kappa shape index (κ1) is 13.9. The van der Waals surface area contributed by atoms with Crippen LogP contribution < -0.4 is 0 Å². The number of ether oxygens (including phenoxy) is 2. The van der Waals surface area contributed by atoms with Crippen LogP contribution in [0.15, 0.2) is 0 Å². The lowest BCUT2D eigenvalue weighted by molar-refractivity contribution is -0.162. The first-order valence-corrected chi connectivity index (χ1v) is 7.47. The normalized spacial score (nSPS) is 22.2. The van der Waals surface area contributed by atoms with Gasteiger partial charge >= 0.3 is 0 Å². The molecule has 0 unspecified atom stereocenters. The van der Waals surface area contributed by atoms with E-state index in [1.165, 1.54) is 0 Å². The molecule has 1 aliphatic rings. The summed E-state index contributed by atoms with van der Waals surface area (Å²) in [6.07, 6.45) is 5.68. The van der Waals surface area contributed by atoms with Crippen molar-refractivity contribution in [1.82, 2.24) is 0 Å². The summed E-state index contributed by atoms with van der Waals surface area (Å²) in [6, 6.07) is 0. The van der Waals surface area contributed by atoms with E-state index in [9.17, 15) is 8.42 Å². The molecule has 0 aromatic rings. The van der Waals surface area contributed by atoms with E-state index in [-0.39, 0.29) is 12.9 Å².